The van der Waals surface area contributed by atoms with E-state index in [9.17, 15) is 23.5 Å². The molecule has 2 aromatic rings. The first-order valence-electron chi connectivity index (χ1n) is 11.6. The fraction of sp³-hybridized carbons (Fsp3) is 0.609. The number of nitrogens with zero attached hydrogens (tertiary/aromatic N) is 2. The Morgan fingerprint density at radius 2 is 2.12 bits per heavy atom. The number of nitrogens with one attached hydrogen (secondary N) is 1. The minimum atomic E-state index is -2.91. The highest BCUT2D eigenvalue weighted by Gasteiger charge is 2.56. The summed E-state index contributed by atoms with van der Waals surface area (Å²) in [5, 5.41) is 21.3. The first kappa shape index (κ1) is 23.4. The molecule has 3 aliphatic heterocycles. The van der Waals surface area contributed by atoms with Crippen LogP contribution in [0.2, 0.25) is 0 Å². The number of hydrogen-bond donors (Lipinski definition) is 2. The first-order valence-corrected chi connectivity index (χ1v) is 12.5. The maximum atomic E-state index is 14.0. The van der Waals surface area contributed by atoms with Gasteiger partial charge in [-0.05, 0) is 23.2 Å². The number of rotatable bonds is 7. The van der Waals surface area contributed by atoms with Gasteiger partial charge in [-0.15, -0.1) is 0 Å². The predicted molar refractivity (Wildman–Crippen MR) is 118 cm³/mol. The zero-order valence-electron chi connectivity index (χ0n) is 18.6. The largest absolute Gasteiger partial charge is 0.454 e. The van der Waals surface area contributed by atoms with E-state index in [1.165, 1.54) is 17.6 Å². The van der Waals surface area contributed by atoms with Gasteiger partial charge in [0, 0.05) is 49.1 Å². The average Bonchev–Trinajstić information content (AvgIpc) is 3.56. The summed E-state index contributed by atoms with van der Waals surface area (Å²) in [6.45, 7) is 2.23. The summed E-state index contributed by atoms with van der Waals surface area (Å²) in [7, 11) is 0. The fourth-order valence-corrected chi connectivity index (χ4v) is 6.58. The van der Waals surface area contributed by atoms with Gasteiger partial charge in [0.2, 0.25) is 5.92 Å². The number of anilines is 1. The number of thiophene rings is 1. The molecule has 0 aromatic carbocycles. The van der Waals surface area contributed by atoms with E-state index in [-0.39, 0.29) is 31.2 Å². The van der Waals surface area contributed by atoms with Crippen LogP contribution in [0.1, 0.15) is 37.7 Å². The highest BCUT2D eigenvalue weighted by atomic mass is 32.1. The third-order valence-electron chi connectivity index (χ3n) is 7.75. The summed E-state index contributed by atoms with van der Waals surface area (Å²) < 4.78 is 39.1. The average molecular weight is 497 g/mol. The number of aliphatic hydroxyl groups is 1. The summed E-state index contributed by atoms with van der Waals surface area (Å²) in [5.74, 6) is -4.43. The van der Waals surface area contributed by atoms with Crippen LogP contribution in [0.4, 0.5) is 14.6 Å². The minimum absolute atomic E-state index is 0.0464. The van der Waals surface area contributed by atoms with Crippen molar-refractivity contribution in [3.63, 3.8) is 0 Å². The molecule has 3 atom stereocenters. The van der Waals surface area contributed by atoms with E-state index in [1.54, 1.807) is 22.9 Å². The molecule has 8 nitrogen and oxygen atoms in total. The summed E-state index contributed by atoms with van der Waals surface area (Å²) in [4.78, 5) is 26.0. The number of quaternary nitrogens is 1. The van der Waals surface area contributed by atoms with Crippen LogP contribution in [0.25, 0.3) is 0 Å². The third kappa shape index (κ3) is 4.36. The molecule has 2 aromatic heterocycles. The van der Waals surface area contributed by atoms with Crippen molar-refractivity contribution in [3.05, 3.63) is 34.7 Å². The number of alkyl halides is 2. The Hall–Kier alpha value is -2.37. The highest BCUT2D eigenvalue weighted by Crippen LogP contribution is 2.49. The van der Waals surface area contributed by atoms with Crippen molar-refractivity contribution in [3.8, 4) is 0 Å². The standard InChI is InChI=1S/C23H27F2N3O5S/c24-22(25)6-1-16(11-22)23(31,17-5-10-34-14-17)21(30)33-18-12-28(7-2-15(18)3-8-28)13-20(29)26-19-4-9-32-27-19/h4-5,9-10,14-16,18,31H,1-3,6-8,11-13H2/p+1/t15?,16?,18?,23-,28?/m1/s1. The topological polar surface area (TPSA) is 102 Å². The highest BCUT2D eigenvalue weighted by molar-refractivity contribution is 7.08. The van der Waals surface area contributed by atoms with Crippen LogP contribution in [0.3, 0.4) is 0 Å². The number of amides is 1. The molecule has 2 unspecified atom stereocenters. The number of carbonyl (C=O) groups excluding carboxylic acids is 2. The second kappa shape index (κ2) is 8.69. The van der Waals surface area contributed by atoms with E-state index in [4.69, 9.17) is 9.26 Å². The maximum Gasteiger partial charge on any atom is 0.343 e. The quantitative estimate of drug-likeness (QED) is 0.451. The van der Waals surface area contributed by atoms with Gasteiger partial charge in [-0.3, -0.25) is 4.79 Å². The van der Waals surface area contributed by atoms with Crippen LogP contribution >= 0.6 is 11.3 Å². The van der Waals surface area contributed by atoms with Gasteiger partial charge in [-0.1, -0.05) is 5.16 Å². The first-order chi connectivity index (χ1) is 16.2. The third-order valence-corrected chi connectivity index (χ3v) is 8.43. The molecule has 0 spiro atoms. The van der Waals surface area contributed by atoms with Gasteiger partial charge < -0.3 is 24.2 Å². The molecule has 184 valence electrons. The number of aromatic nitrogens is 1. The zero-order valence-corrected chi connectivity index (χ0v) is 19.4. The summed E-state index contributed by atoms with van der Waals surface area (Å²) in [5.41, 5.74) is -1.80. The molecule has 1 saturated carbocycles. The van der Waals surface area contributed by atoms with E-state index in [2.05, 4.69) is 10.5 Å². The lowest BCUT2D eigenvalue weighted by Gasteiger charge is -2.51. The second-order valence-corrected chi connectivity index (χ2v) is 10.7. The molecule has 3 saturated heterocycles. The van der Waals surface area contributed by atoms with E-state index < -0.39 is 35.9 Å². The van der Waals surface area contributed by atoms with E-state index >= 15 is 0 Å². The smallest absolute Gasteiger partial charge is 0.343 e. The maximum absolute atomic E-state index is 14.0. The molecule has 1 aliphatic carbocycles. The fourth-order valence-electron chi connectivity index (χ4n) is 5.88. The molecule has 4 fully saturated rings. The lowest BCUT2D eigenvalue weighted by atomic mass is 9.80. The Labute approximate surface area is 199 Å². The minimum Gasteiger partial charge on any atom is -0.454 e. The molecular formula is C23H28F2N3O5S+. The molecule has 4 aliphatic rings. The number of hydrogen-bond acceptors (Lipinski definition) is 7. The number of halogens is 2. The van der Waals surface area contributed by atoms with Gasteiger partial charge in [0.05, 0.1) is 13.1 Å². The van der Waals surface area contributed by atoms with Crippen LogP contribution in [-0.2, 0) is 19.9 Å². The molecule has 2 N–H and O–H groups in total. The van der Waals surface area contributed by atoms with Crippen molar-refractivity contribution in [2.45, 2.75) is 49.7 Å². The Balaban J connectivity index is 1.31. The number of carbonyl (C=O) groups is 2. The van der Waals surface area contributed by atoms with E-state index in [1.807, 2.05) is 0 Å². The lowest BCUT2D eigenvalue weighted by molar-refractivity contribution is -0.939. The predicted octanol–water partition coefficient (Wildman–Crippen LogP) is 3.15. The second-order valence-electron chi connectivity index (χ2n) is 9.92. The van der Waals surface area contributed by atoms with Crippen molar-refractivity contribution >= 4 is 29.0 Å². The van der Waals surface area contributed by atoms with Gasteiger partial charge in [0.15, 0.2) is 24.1 Å². The van der Waals surface area contributed by atoms with Gasteiger partial charge in [0.25, 0.3) is 5.91 Å². The van der Waals surface area contributed by atoms with Crippen molar-refractivity contribution < 1.29 is 37.2 Å². The zero-order chi connectivity index (χ0) is 24.0. The molecular weight excluding hydrogens is 468 g/mol. The van der Waals surface area contributed by atoms with Crippen LogP contribution in [-0.4, -0.2) is 64.8 Å². The normalized spacial score (nSPS) is 31.7. The Kier molecular flexibility index (Phi) is 5.97. The van der Waals surface area contributed by atoms with Gasteiger partial charge >= 0.3 is 5.97 Å². The number of esters is 1. The number of ether oxygens (including phenoxy) is 1. The molecule has 5 heterocycles. The lowest BCUT2D eigenvalue weighted by Crippen LogP contribution is -2.66. The van der Waals surface area contributed by atoms with Crippen molar-refractivity contribution in [1.29, 1.82) is 0 Å². The van der Waals surface area contributed by atoms with Crippen LogP contribution in [0.15, 0.2) is 33.7 Å². The molecule has 11 heteroatoms. The van der Waals surface area contributed by atoms with Crippen molar-refractivity contribution in [1.82, 2.24) is 5.16 Å². The van der Waals surface area contributed by atoms with Gasteiger partial charge in [-0.25, -0.2) is 13.6 Å². The summed E-state index contributed by atoms with van der Waals surface area (Å²) in [6.07, 6.45) is 1.60. The van der Waals surface area contributed by atoms with Crippen LogP contribution < -0.4 is 5.32 Å². The molecule has 34 heavy (non-hydrogen) atoms. The molecule has 1 amide bonds. The van der Waals surface area contributed by atoms with Gasteiger partial charge in [-0.2, -0.15) is 11.3 Å². The SMILES string of the molecule is O=C(C[N+]12CCC(CC1)C(OC(=O)[C@](O)(c1ccsc1)C1CCC(F)(F)C1)C2)Nc1ccon1. The van der Waals surface area contributed by atoms with E-state index in [0.29, 0.717) is 22.4 Å². The van der Waals surface area contributed by atoms with Crippen molar-refractivity contribution in [2.75, 3.05) is 31.5 Å². The molecule has 6 rings (SSSR count). The summed E-state index contributed by atoms with van der Waals surface area (Å²) in [6, 6.07) is 3.16. The van der Waals surface area contributed by atoms with Gasteiger partial charge in [0.1, 0.15) is 12.8 Å². The monoisotopic (exact) mass is 496 g/mol. The number of piperidine rings is 3. The molecule has 0 radical (unpaired) electrons. The van der Waals surface area contributed by atoms with Crippen LogP contribution in [0.5, 0.6) is 0 Å². The van der Waals surface area contributed by atoms with Crippen LogP contribution in [0, 0.1) is 11.8 Å². The van der Waals surface area contributed by atoms with E-state index in [0.717, 1.165) is 25.9 Å². The Morgan fingerprint density at radius 1 is 1.32 bits per heavy atom. The Morgan fingerprint density at radius 3 is 2.74 bits per heavy atom. The molecule has 2 bridgehead atoms. The number of fused-ring (bicyclic) bond motifs is 3. The van der Waals surface area contributed by atoms with Crippen molar-refractivity contribution in [2.24, 2.45) is 11.8 Å². The Bertz CT molecular complexity index is 1020. The summed E-state index contributed by atoms with van der Waals surface area (Å²) >= 11 is 1.29.